The molecule has 10 heteroatoms. The van der Waals surface area contributed by atoms with E-state index >= 15 is 0 Å². The number of anilines is 1. The number of nitrogens with zero attached hydrogens (tertiary/aromatic N) is 6. The van der Waals surface area contributed by atoms with Crippen molar-refractivity contribution >= 4 is 21.5 Å². The van der Waals surface area contributed by atoms with Gasteiger partial charge in [0.15, 0.2) is 5.65 Å². The molecule has 3 rings (SSSR count). The maximum Gasteiger partial charge on any atom is 0.243 e. The normalized spacial score (nSPS) is 12.0. The molecule has 0 amide bonds. The molecule has 2 aromatic heterocycles. The molecule has 0 bridgehead atoms. The van der Waals surface area contributed by atoms with Crippen molar-refractivity contribution in [2.45, 2.75) is 25.3 Å². The summed E-state index contributed by atoms with van der Waals surface area (Å²) in [7, 11) is -3.43. The molecule has 0 fully saturated rings. The Labute approximate surface area is 145 Å². The van der Waals surface area contributed by atoms with Crippen LogP contribution in [0.2, 0.25) is 0 Å². The van der Waals surface area contributed by atoms with E-state index in [1.807, 2.05) is 13.8 Å². The topological polar surface area (TPSA) is 105 Å². The number of rotatable bonds is 7. The van der Waals surface area contributed by atoms with Gasteiger partial charge in [-0.05, 0) is 40.3 Å². The van der Waals surface area contributed by atoms with E-state index in [2.05, 4.69) is 25.9 Å². The van der Waals surface area contributed by atoms with Crippen LogP contribution in [-0.2, 0) is 16.6 Å². The average Bonchev–Trinajstić information content (AvgIpc) is 3.09. The summed E-state index contributed by atoms with van der Waals surface area (Å²) in [5.41, 5.74) is 1.51. The van der Waals surface area contributed by atoms with Crippen LogP contribution in [0.15, 0.2) is 41.3 Å². The van der Waals surface area contributed by atoms with Crippen LogP contribution < -0.4 is 5.32 Å². The number of aromatic nitrogens is 5. The Hall–Kier alpha value is -2.59. The monoisotopic (exact) mass is 361 g/mol. The molecule has 1 aromatic carbocycles. The van der Waals surface area contributed by atoms with Crippen molar-refractivity contribution in [2.75, 3.05) is 18.4 Å². The molecule has 0 aliphatic heterocycles. The molecule has 2 heterocycles. The van der Waals surface area contributed by atoms with E-state index in [1.54, 1.807) is 36.4 Å². The van der Waals surface area contributed by atoms with Crippen LogP contribution in [-0.4, -0.2) is 51.1 Å². The third-order valence-electron chi connectivity index (χ3n) is 3.81. The zero-order chi connectivity index (χ0) is 17.9. The lowest BCUT2D eigenvalue weighted by atomic mass is 10.2. The van der Waals surface area contributed by atoms with Gasteiger partial charge in [-0.25, -0.2) is 8.42 Å². The van der Waals surface area contributed by atoms with E-state index < -0.39 is 10.0 Å². The summed E-state index contributed by atoms with van der Waals surface area (Å²) in [6.07, 6.45) is 0. The number of sulfonamides is 1. The van der Waals surface area contributed by atoms with Crippen LogP contribution in [0.25, 0.3) is 5.65 Å². The van der Waals surface area contributed by atoms with Crippen LogP contribution in [0.4, 0.5) is 5.82 Å². The van der Waals surface area contributed by atoms with Gasteiger partial charge in [-0.2, -0.15) is 4.31 Å². The number of fused-ring (bicyclic) bond motifs is 1. The molecule has 3 aromatic rings. The lowest BCUT2D eigenvalue weighted by molar-refractivity contribution is 0.445. The third-order valence-corrected chi connectivity index (χ3v) is 5.87. The van der Waals surface area contributed by atoms with E-state index in [0.717, 1.165) is 5.56 Å². The average molecular weight is 361 g/mol. The van der Waals surface area contributed by atoms with Crippen LogP contribution >= 0.6 is 0 Å². The first-order valence-corrected chi connectivity index (χ1v) is 9.37. The number of nitrogens with one attached hydrogen (secondary N) is 1. The highest BCUT2D eigenvalue weighted by Gasteiger charge is 2.21. The summed E-state index contributed by atoms with van der Waals surface area (Å²) >= 11 is 0. The smallest absolute Gasteiger partial charge is 0.243 e. The Morgan fingerprint density at radius 3 is 2.48 bits per heavy atom. The second-order valence-corrected chi connectivity index (χ2v) is 7.27. The van der Waals surface area contributed by atoms with Gasteiger partial charge < -0.3 is 5.32 Å². The summed E-state index contributed by atoms with van der Waals surface area (Å²) in [6, 6.07) is 10.4. The SMILES string of the molecule is CCN(CC)S(=O)(=O)c1ccc(CNc2ccc3nnnn3n2)cc1. The summed E-state index contributed by atoms with van der Waals surface area (Å²) in [6.45, 7) is 5.06. The van der Waals surface area contributed by atoms with Gasteiger partial charge in [0.1, 0.15) is 5.82 Å². The highest BCUT2D eigenvalue weighted by molar-refractivity contribution is 7.89. The summed E-state index contributed by atoms with van der Waals surface area (Å²) in [5.74, 6) is 0.625. The lowest BCUT2D eigenvalue weighted by Crippen LogP contribution is -2.30. The van der Waals surface area contributed by atoms with Gasteiger partial charge in [0, 0.05) is 19.6 Å². The minimum absolute atomic E-state index is 0.299. The van der Waals surface area contributed by atoms with Gasteiger partial charge in [-0.3, -0.25) is 0 Å². The minimum Gasteiger partial charge on any atom is -0.365 e. The fourth-order valence-electron chi connectivity index (χ4n) is 2.43. The molecule has 1 N–H and O–H groups in total. The van der Waals surface area contributed by atoms with Gasteiger partial charge >= 0.3 is 0 Å². The van der Waals surface area contributed by atoms with E-state index in [0.29, 0.717) is 36.0 Å². The highest BCUT2D eigenvalue weighted by Crippen LogP contribution is 2.16. The molecule has 0 atom stereocenters. The second kappa shape index (κ2) is 7.11. The van der Waals surface area contributed by atoms with E-state index in [-0.39, 0.29) is 0 Å². The van der Waals surface area contributed by atoms with Crippen LogP contribution in [0.1, 0.15) is 19.4 Å². The Bertz CT molecular complexity index is 949. The van der Waals surface area contributed by atoms with Crippen molar-refractivity contribution in [3.8, 4) is 0 Å². The molecule has 0 saturated carbocycles. The minimum atomic E-state index is -3.43. The summed E-state index contributed by atoms with van der Waals surface area (Å²) in [5, 5.41) is 18.4. The van der Waals surface area contributed by atoms with Crippen molar-refractivity contribution in [3.05, 3.63) is 42.0 Å². The molecular formula is C15H19N7O2S. The van der Waals surface area contributed by atoms with Gasteiger partial charge in [0.05, 0.1) is 4.90 Å². The van der Waals surface area contributed by atoms with E-state index in [4.69, 9.17) is 0 Å². The Kier molecular flexibility index (Phi) is 4.91. The largest absolute Gasteiger partial charge is 0.365 e. The molecule has 132 valence electrons. The van der Waals surface area contributed by atoms with Crippen LogP contribution in [0.5, 0.6) is 0 Å². The van der Waals surface area contributed by atoms with Gasteiger partial charge in [-0.1, -0.05) is 26.0 Å². The second-order valence-electron chi connectivity index (χ2n) is 5.33. The first-order valence-electron chi connectivity index (χ1n) is 7.93. The highest BCUT2D eigenvalue weighted by atomic mass is 32.2. The summed E-state index contributed by atoms with van der Waals surface area (Å²) < 4.78 is 27.7. The van der Waals surface area contributed by atoms with Crippen molar-refractivity contribution in [3.63, 3.8) is 0 Å². The number of benzene rings is 1. The van der Waals surface area contributed by atoms with Gasteiger partial charge in [0.25, 0.3) is 0 Å². The maximum atomic E-state index is 12.5. The standard InChI is InChI=1S/C15H19N7O2S/c1-3-21(4-2)25(23,24)13-7-5-12(6-8-13)11-16-14-9-10-15-17-19-20-22(15)18-14/h5-10H,3-4,11H2,1-2H3,(H,16,18). The molecule has 0 unspecified atom stereocenters. The zero-order valence-corrected chi connectivity index (χ0v) is 14.8. The first-order chi connectivity index (χ1) is 12.0. The van der Waals surface area contributed by atoms with Gasteiger partial charge in [0.2, 0.25) is 10.0 Å². The van der Waals surface area contributed by atoms with Crippen molar-refractivity contribution in [2.24, 2.45) is 0 Å². The fourth-order valence-corrected chi connectivity index (χ4v) is 3.89. The molecular weight excluding hydrogens is 342 g/mol. The molecule has 0 saturated heterocycles. The first kappa shape index (κ1) is 17.2. The molecule has 25 heavy (non-hydrogen) atoms. The van der Waals surface area contributed by atoms with Crippen molar-refractivity contribution < 1.29 is 8.42 Å². The Morgan fingerprint density at radius 1 is 1.08 bits per heavy atom. The quantitative estimate of drug-likeness (QED) is 0.673. The van der Waals surface area contributed by atoms with E-state index in [9.17, 15) is 8.42 Å². The predicted octanol–water partition coefficient (Wildman–Crippen LogP) is 1.16. The van der Waals surface area contributed by atoms with E-state index in [1.165, 1.54) is 8.94 Å². The fraction of sp³-hybridized carbons (Fsp3) is 0.333. The van der Waals surface area contributed by atoms with Crippen LogP contribution in [0, 0.1) is 0 Å². The van der Waals surface area contributed by atoms with Gasteiger partial charge in [-0.15, -0.1) is 14.8 Å². The molecule has 0 aliphatic carbocycles. The zero-order valence-electron chi connectivity index (χ0n) is 14.0. The Morgan fingerprint density at radius 2 is 1.80 bits per heavy atom. The molecule has 9 nitrogen and oxygen atoms in total. The number of tetrazole rings is 1. The number of hydrogen-bond acceptors (Lipinski definition) is 7. The molecule has 0 spiro atoms. The third kappa shape index (κ3) is 3.59. The molecule has 0 radical (unpaired) electrons. The van der Waals surface area contributed by atoms with Crippen molar-refractivity contribution in [1.82, 2.24) is 29.6 Å². The lowest BCUT2D eigenvalue weighted by Gasteiger charge is -2.18. The predicted molar refractivity (Wildman–Crippen MR) is 92.5 cm³/mol. The Balaban J connectivity index is 1.70. The molecule has 0 aliphatic rings. The number of hydrogen-bond donors (Lipinski definition) is 1. The summed E-state index contributed by atoms with van der Waals surface area (Å²) in [4.78, 5) is 0.299. The van der Waals surface area contributed by atoms with Crippen LogP contribution in [0.3, 0.4) is 0 Å². The maximum absolute atomic E-state index is 12.5. The van der Waals surface area contributed by atoms with Crippen molar-refractivity contribution in [1.29, 1.82) is 0 Å².